The van der Waals surface area contributed by atoms with Gasteiger partial charge in [-0.1, -0.05) is 37.1 Å². The second-order valence-corrected chi connectivity index (χ2v) is 6.18. The van der Waals surface area contributed by atoms with Crippen molar-refractivity contribution in [3.05, 3.63) is 35.4 Å². The van der Waals surface area contributed by atoms with Gasteiger partial charge in [0.15, 0.2) is 0 Å². The van der Waals surface area contributed by atoms with Crippen LogP contribution in [-0.4, -0.2) is 42.3 Å². The van der Waals surface area contributed by atoms with Gasteiger partial charge in [0, 0.05) is 19.6 Å². The number of ether oxygens (including phenoxy) is 1. The first-order valence-electron chi connectivity index (χ1n) is 7.84. The predicted molar refractivity (Wildman–Crippen MR) is 80.3 cm³/mol. The first-order chi connectivity index (χ1) is 10.2. The van der Waals surface area contributed by atoms with E-state index in [0.717, 1.165) is 64.1 Å². The first-order valence-corrected chi connectivity index (χ1v) is 7.84. The molecule has 0 bridgehead atoms. The Kier molecular flexibility index (Phi) is 4.27. The van der Waals surface area contributed by atoms with Gasteiger partial charge < -0.3 is 9.84 Å². The lowest BCUT2D eigenvalue weighted by molar-refractivity contribution is -0.143. The van der Waals surface area contributed by atoms with Crippen LogP contribution in [0.25, 0.3) is 0 Å². The zero-order valence-corrected chi connectivity index (χ0v) is 12.4. The fourth-order valence-electron chi connectivity index (χ4n) is 3.59. The summed E-state index contributed by atoms with van der Waals surface area (Å²) >= 11 is 0. The monoisotopic (exact) mass is 289 g/mol. The lowest BCUT2D eigenvalue weighted by Gasteiger charge is -2.28. The number of carbonyl (C=O) groups is 1. The van der Waals surface area contributed by atoms with Gasteiger partial charge in [0.05, 0.1) is 18.6 Å². The van der Waals surface area contributed by atoms with Crippen LogP contribution < -0.4 is 0 Å². The van der Waals surface area contributed by atoms with Crippen molar-refractivity contribution in [1.29, 1.82) is 0 Å². The standard InChI is InChI=1S/C17H23NO3/c19-16(20)17(6-1-2-7-17)15-5-3-4-14(12-15)13-18-8-10-21-11-9-18/h3-5,12H,1-2,6-11,13H2,(H,19,20). The van der Waals surface area contributed by atoms with Gasteiger partial charge in [-0.25, -0.2) is 0 Å². The Morgan fingerprint density at radius 3 is 2.62 bits per heavy atom. The molecule has 1 aromatic rings. The molecule has 114 valence electrons. The van der Waals surface area contributed by atoms with Crippen LogP contribution in [0.3, 0.4) is 0 Å². The molecule has 0 aromatic heterocycles. The molecule has 4 heteroatoms. The molecule has 1 heterocycles. The van der Waals surface area contributed by atoms with Crippen molar-refractivity contribution in [1.82, 2.24) is 4.90 Å². The fourth-order valence-corrected chi connectivity index (χ4v) is 3.59. The molecule has 2 aliphatic rings. The summed E-state index contributed by atoms with van der Waals surface area (Å²) in [6.07, 6.45) is 3.56. The van der Waals surface area contributed by atoms with Crippen LogP contribution in [0, 0.1) is 0 Å². The van der Waals surface area contributed by atoms with Crippen LogP contribution in [-0.2, 0) is 21.5 Å². The Morgan fingerprint density at radius 2 is 1.95 bits per heavy atom. The number of benzene rings is 1. The lowest BCUT2D eigenvalue weighted by atomic mass is 9.78. The molecule has 2 fully saturated rings. The van der Waals surface area contributed by atoms with Gasteiger partial charge in [0.2, 0.25) is 0 Å². The number of carboxylic acid groups (broad SMARTS) is 1. The number of hydrogen-bond acceptors (Lipinski definition) is 3. The number of rotatable bonds is 4. The first kappa shape index (κ1) is 14.5. The molecule has 1 saturated carbocycles. The van der Waals surface area contributed by atoms with Crippen molar-refractivity contribution in [2.75, 3.05) is 26.3 Å². The Hall–Kier alpha value is -1.39. The number of aliphatic carboxylic acids is 1. The van der Waals surface area contributed by atoms with Crippen LogP contribution in [0.4, 0.5) is 0 Å². The minimum Gasteiger partial charge on any atom is -0.481 e. The molecule has 21 heavy (non-hydrogen) atoms. The molecule has 0 unspecified atom stereocenters. The van der Waals surface area contributed by atoms with Gasteiger partial charge in [-0.15, -0.1) is 0 Å². The Bertz CT molecular complexity index is 503. The predicted octanol–water partition coefficient (Wildman–Crippen LogP) is 2.42. The van der Waals surface area contributed by atoms with E-state index in [1.165, 1.54) is 5.56 Å². The topological polar surface area (TPSA) is 49.8 Å². The number of nitrogens with zero attached hydrogens (tertiary/aromatic N) is 1. The highest BCUT2D eigenvalue weighted by molar-refractivity contribution is 5.81. The third-order valence-electron chi connectivity index (χ3n) is 4.86. The molecule has 1 saturated heterocycles. The minimum atomic E-state index is -0.663. The van der Waals surface area contributed by atoms with E-state index in [1.54, 1.807) is 0 Å². The smallest absolute Gasteiger partial charge is 0.314 e. The number of morpholine rings is 1. The molecule has 0 amide bonds. The van der Waals surface area contributed by atoms with E-state index < -0.39 is 11.4 Å². The molecule has 4 nitrogen and oxygen atoms in total. The summed E-state index contributed by atoms with van der Waals surface area (Å²) in [5.74, 6) is -0.663. The van der Waals surface area contributed by atoms with Crippen molar-refractivity contribution < 1.29 is 14.6 Å². The van der Waals surface area contributed by atoms with Gasteiger partial charge in [0.25, 0.3) is 0 Å². The van der Waals surface area contributed by atoms with Gasteiger partial charge in [-0.05, 0) is 24.0 Å². The average molecular weight is 289 g/mol. The van der Waals surface area contributed by atoms with E-state index in [4.69, 9.17) is 4.74 Å². The lowest BCUT2D eigenvalue weighted by Crippen LogP contribution is -2.36. The summed E-state index contributed by atoms with van der Waals surface area (Å²) < 4.78 is 5.37. The second-order valence-electron chi connectivity index (χ2n) is 6.18. The third-order valence-corrected chi connectivity index (χ3v) is 4.86. The van der Waals surface area contributed by atoms with Gasteiger partial charge in [-0.2, -0.15) is 0 Å². The summed E-state index contributed by atoms with van der Waals surface area (Å²) in [5.41, 5.74) is 1.54. The molecular formula is C17H23NO3. The van der Waals surface area contributed by atoms with E-state index in [1.807, 2.05) is 12.1 Å². The molecule has 3 rings (SSSR count). The molecule has 1 aromatic carbocycles. The molecule has 1 aliphatic heterocycles. The van der Waals surface area contributed by atoms with E-state index in [9.17, 15) is 9.90 Å². The van der Waals surface area contributed by atoms with Crippen LogP contribution in [0.5, 0.6) is 0 Å². The van der Waals surface area contributed by atoms with Gasteiger partial charge in [-0.3, -0.25) is 9.69 Å². The third kappa shape index (κ3) is 2.97. The van der Waals surface area contributed by atoms with Crippen molar-refractivity contribution in [2.24, 2.45) is 0 Å². The summed E-state index contributed by atoms with van der Waals surface area (Å²) in [5, 5.41) is 9.70. The van der Waals surface area contributed by atoms with Crippen LogP contribution in [0.15, 0.2) is 24.3 Å². The molecule has 1 N–H and O–H groups in total. The summed E-state index contributed by atoms with van der Waals surface area (Å²) in [6.45, 7) is 4.37. The SMILES string of the molecule is O=C(O)C1(c2cccc(CN3CCOCC3)c2)CCCC1. The van der Waals surface area contributed by atoms with E-state index in [0.29, 0.717) is 0 Å². The summed E-state index contributed by atoms with van der Waals surface area (Å²) in [6, 6.07) is 8.20. The molecular weight excluding hydrogens is 266 g/mol. The highest BCUT2D eigenvalue weighted by atomic mass is 16.5. The van der Waals surface area contributed by atoms with Gasteiger partial charge in [0.1, 0.15) is 0 Å². The summed E-state index contributed by atoms with van der Waals surface area (Å²) in [4.78, 5) is 14.2. The molecule has 0 radical (unpaired) electrons. The van der Waals surface area contributed by atoms with Crippen molar-refractivity contribution in [3.63, 3.8) is 0 Å². The largest absolute Gasteiger partial charge is 0.481 e. The highest BCUT2D eigenvalue weighted by Gasteiger charge is 2.42. The Labute approximate surface area is 125 Å². The van der Waals surface area contributed by atoms with Crippen molar-refractivity contribution in [2.45, 2.75) is 37.6 Å². The molecule has 1 aliphatic carbocycles. The van der Waals surface area contributed by atoms with Crippen LogP contribution in [0.1, 0.15) is 36.8 Å². The van der Waals surface area contributed by atoms with E-state index in [2.05, 4.69) is 17.0 Å². The number of carboxylic acids is 1. The Balaban J connectivity index is 1.80. The zero-order valence-electron chi connectivity index (χ0n) is 12.4. The van der Waals surface area contributed by atoms with Crippen molar-refractivity contribution >= 4 is 5.97 Å². The normalized spacial score (nSPS) is 22.3. The quantitative estimate of drug-likeness (QED) is 0.925. The van der Waals surface area contributed by atoms with Crippen LogP contribution in [0.2, 0.25) is 0 Å². The average Bonchev–Trinajstić information content (AvgIpc) is 2.99. The highest BCUT2D eigenvalue weighted by Crippen LogP contribution is 2.41. The van der Waals surface area contributed by atoms with Crippen LogP contribution >= 0.6 is 0 Å². The van der Waals surface area contributed by atoms with Gasteiger partial charge >= 0.3 is 5.97 Å². The molecule has 0 atom stereocenters. The fraction of sp³-hybridized carbons (Fsp3) is 0.588. The maximum Gasteiger partial charge on any atom is 0.314 e. The minimum absolute atomic E-state index is 0.652. The van der Waals surface area contributed by atoms with Crippen molar-refractivity contribution in [3.8, 4) is 0 Å². The van der Waals surface area contributed by atoms with E-state index >= 15 is 0 Å². The second kappa shape index (κ2) is 6.16. The van der Waals surface area contributed by atoms with E-state index in [-0.39, 0.29) is 0 Å². The number of hydrogen-bond donors (Lipinski definition) is 1. The summed E-state index contributed by atoms with van der Waals surface area (Å²) in [7, 11) is 0. The zero-order chi connectivity index (χ0) is 14.7. The maximum absolute atomic E-state index is 11.8. The Morgan fingerprint density at radius 1 is 1.24 bits per heavy atom. The maximum atomic E-state index is 11.8. The molecule has 0 spiro atoms.